The van der Waals surface area contributed by atoms with Gasteiger partial charge in [0.2, 0.25) is 0 Å². The van der Waals surface area contributed by atoms with Crippen LogP contribution < -0.4 is 0 Å². The average Bonchev–Trinajstić information content (AvgIpc) is 2.80. The van der Waals surface area contributed by atoms with Crippen LogP contribution in [0.3, 0.4) is 0 Å². The lowest BCUT2D eigenvalue weighted by molar-refractivity contribution is 0.0707. The molecule has 0 spiro atoms. The predicted molar refractivity (Wildman–Crippen MR) is 88.3 cm³/mol. The molecule has 1 atom stereocenters. The summed E-state index contributed by atoms with van der Waals surface area (Å²) in [7, 11) is 0. The molecule has 0 N–H and O–H groups in total. The molecule has 2 aromatic rings. The van der Waals surface area contributed by atoms with E-state index < -0.39 is 0 Å². The van der Waals surface area contributed by atoms with Gasteiger partial charge in [0.15, 0.2) is 0 Å². The first kappa shape index (κ1) is 16.2. The summed E-state index contributed by atoms with van der Waals surface area (Å²) in [6, 6.07) is 8.12. The van der Waals surface area contributed by atoms with E-state index in [0.717, 1.165) is 19.8 Å². The van der Waals surface area contributed by atoms with Crippen molar-refractivity contribution in [3.63, 3.8) is 0 Å². The van der Waals surface area contributed by atoms with Crippen molar-refractivity contribution < 1.29 is 9.18 Å². The number of carbonyl (C=O) groups excluding carboxylic acids is 1. The van der Waals surface area contributed by atoms with Crippen LogP contribution in [0.25, 0.3) is 0 Å². The fourth-order valence-corrected chi connectivity index (χ4v) is 3.71. The van der Waals surface area contributed by atoms with Gasteiger partial charge in [-0.1, -0.05) is 12.1 Å². The van der Waals surface area contributed by atoms with Gasteiger partial charge in [-0.3, -0.25) is 4.79 Å². The van der Waals surface area contributed by atoms with Gasteiger partial charge in [0.25, 0.3) is 5.91 Å². The van der Waals surface area contributed by atoms with Gasteiger partial charge in [-0.25, -0.2) is 4.39 Å². The number of aryl methyl sites for hydroxylation is 1. The van der Waals surface area contributed by atoms with Crippen molar-refractivity contribution >= 4 is 33.2 Å². The Morgan fingerprint density at radius 1 is 1.38 bits per heavy atom. The van der Waals surface area contributed by atoms with Gasteiger partial charge in [0.05, 0.1) is 14.7 Å². The van der Waals surface area contributed by atoms with Crippen molar-refractivity contribution in [2.45, 2.75) is 26.8 Å². The quantitative estimate of drug-likeness (QED) is 0.726. The Kier molecular flexibility index (Phi) is 5.17. The molecule has 0 aliphatic carbocycles. The smallest absolute Gasteiger partial charge is 0.264 e. The van der Waals surface area contributed by atoms with E-state index in [1.54, 1.807) is 17.0 Å². The molecular weight excluding hydrogens is 353 g/mol. The van der Waals surface area contributed by atoms with Crippen LogP contribution in [-0.4, -0.2) is 17.4 Å². The van der Waals surface area contributed by atoms with Crippen LogP contribution in [0, 0.1) is 12.7 Å². The summed E-state index contributed by atoms with van der Waals surface area (Å²) < 4.78 is 14.0. The van der Waals surface area contributed by atoms with Gasteiger partial charge in [0.1, 0.15) is 5.82 Å². The molecule has 0 fully saturated rings. The van der Waals surface area contributed by atoms with Crippen LogP contribution >= 0.6 is 27.3 Å². The van der Waals surface area contributed by atoms with E-state index >= 15 is 0 Å². The van der Waals surface area contributed by atoms with E-state index in [9.17, 15) is 9.18 Å². The number of thiophene rings is 1. The second kappa shape index (κ2) is 6.71. The number of amides is 1. The van der Waals surface area contributed by atoms with E-state index in [1.165, 1.54) is 23.5 Å². The third kappa shape index (κ3) is 3.52. The lowest BCUT2D eigenvalue weighted by Gasteiger charge is -2.28. The van der Waals surface area contributed by atoms with Crippen LogP contribution in [0.15, 0.2) is 34.1 Å². The van der Waals surface area contributed by atoms with Crippen LogP contribution in [0.4, 0.5) is 4.39 Å². The zero-order valence-electron chi connectivity index (χ0n) is 12.2. The summed E-state index contributed by atoms with van der Waals surface area (Å²) in [5, 5.41) is 0. The minimum absolute atomic E-state index is 0.00752. The van der Waals surface area contributed by atoms with Gasteiger partial charge in [-0.15, -0.1) is 11.3 Å². The van der Waals surface area contributed by atoms with Gasteiger partial charge in [-0.05, 0) is 66.0 Å². The molecule has 1 unspecified atom stereocenters. The largest absolute Gasteiger partial charge is 0.331 e. The highest BCUT2D eigenvalue weighted by Gasteiger charge is 2.23. The molecular formula is C16H17BrFNOS. The zero-order chi connectivity index (χ0) is 15.6. The van der Waals surface area contributed by atoms with Crippen molar-refractivity contribution in [1.82, 2.24) is 4.90 Å². The molecule has 21 heavy (non-hydrogen) atoms. The number of benzene rings is 1. The molecule has 2 nitrogen and oxygen atoms in total. The van der Waals surface area contributed by atoms with Crippen LogP contribution in [0.2, 0.25) is 0 Å². The SMILES string of the molecule is CCN(C(=O)c1cc(C)c(Br)s1)C(C)c1ccc(F)cc1. The standard InChI is InChI=1S/C16H17BrFNOS/c1-4-19(11(3)12-5-7-13(18)8-6-12)16(20)14-9-10(2)15(17)21-14/h5-9,11H,4H2,1-3H3. The highest BCUT2D eigenvalue weighted by molar-refractivity contribution is 9.11. The molecule has 112 valence electrons. The average molecular weight is 370 g/mol. The maximum absolute atomic E-state index is 13.0. The summed E-state index contributed by atoms with van der Waals surface area (Å²) in [5.74, 6) is -0.258. The van der Waals surface area contributed by atoms with Gasteiger partial charge < -0.3 is 4.90 Å². The molecule has 1 aromatic carbocycles. The van der Waals surface area contributed by atoms with Gasteiger partial charge in [-0.2, -0.15) is 0 Å². The van der Waals surface area contributed by atoms with Crippen molar-refractivity contribution in [1.29, 1.82) is 0 Å². The van der Waals surface area contributed by atoms with Crippen molar-refractivity contribution in [3.8, 4) is 0 Å². The number of hydrogen-bond donors (Lipinski definition) is 0. The Morgan fingerprint density at radius 2 is 2.00 bits per heavy atom. The Bertz CT molecular complexity index is 619. The van der Waals surface area contributed by atoms with Crippen molar-refractivity contribution in [3.05, 3.63) is 55.9 Å². The summed E-state index contributed by atoms with van der Waals surface area (Å²) in [5.41, 5.74) is 1.99. The van der Waals surface area contributed by atoms with E-state index in [-0.39, 0.29) is 17.8 Å². The van der Waals surface area contributed by atoms with E-state index in [1.807, 2.05) is 26.8 Å². The molecule has 5 heteroatoms. The Labute approximate surface area is 136 Å². The Hall–Kier alpha value is -1.20. The highest BCUT2D eigenvalue weighted by Crippen LogP contribution is 2.30. The predicted octanol–water partition coefficient (Wildman–Crippen LogP) is 5.18. The number of carbonyl (C=O) groups is 1. The van der Waals surface area contributed by atoms with E-state index in [0.29, 0.717) is 6.54 Å². The van der Waals surface area contributed by atoms with Crippen LogP contribution in [0.1, 0.15) is 40.7 Å². The second-order valence-electron chi connectivity index (χ2n) is 4.89. The second-order valence-corrected chi connectivity index (χ2v) is 7.26. The Balaban J connectivity index is 2.25. The summed E-state index contributed by atoms with van der Waals surface area (Å²) in [6.07, 6.45) is 0. The normalized spacial score (nSPS) is 12.2. The summed E-state index contributed by atoms with van der Waals surface area (Å²) in [6.45, 7) is 6.49. The fraction of sp³-hybridized carbons (Fsp3) is 0.312. The minimum atomic E-state index is -0.266. The molecule has 0 saturated carbocycles. The van der Waals surface area contributed by atoms with Crippen molar-refractivity contribution in [2.24, 2.45) is 0 Å². The number of rotatable bonds is 4. The van der Waals surface area contributed by atoms with Crippen LogP contribution in [0.5, 0.6) is 0 Å². The highest BCUT2D eigenvalue weighted by atomic mass is 79.9. The number of halogens is 2. The topological polar surface area (TPSA) is 20.3 Å². The minimum Gasteiger partial charge on any atom is -0.331 e. The number of hydrogen-bond acceptors (Lipinski definition) is 2. The van der Waals surface area contributed by atoms with Crippen molar-refractivity contribution in [2.75, 3.05) is 6.54 Å². The maximum atomic E-state index is 13.0. The molecule has 2 rings (SSSR count). The third-order valence-corrected chi connectivity index (χ3v) is 5.61. The lowest BCUT2D eigenvalue weighted by Crippen LogP contribution is -2.32. The first-order valence-corrected chi connectivity index (χ1v) is 8.37. The van der Waals surface area contributed by atoms with Crippen LogP contribution in [-0.2, 0) is 0 Å². The molecule has 0 aliphatic rings. The zero-order valence-corrected chi connectivity index (χ0v) is 14.6. The summed E-state index contributed by atoms with van der Waals surface area (Å²) in [4.78, 5) is 15.2. The lowest BCUT2D eigenvalue weighted by atomic mass is 10.1. The molecule has 1 aromatic heterocycles. The maximum Gasteiger partial charge on any atom is 0.264 e. The molecule has 0 saturated heterocycles. The fourth-order valence-electron chi connectivity index (χ4n) is 2.22. The van der Waals surface area contributed by atoms with Gasteiger partial charge >= 0.3 is 0 Å². The first-order valence-electron chi connectivity index (χ1n) is 6.76. The van der Waals surface area contributed by atoms with E-state index in [2.05, 4.69) is 15.9 Å². The molecule has 0 aliphatic heterocycles. The first-order chi connectivity index (χ1) is 9.93. The molecule has 0 bridgehead atoms. The number of nitrogens with zero attached hydrogens (tertiary/aromatic N) is 1. The van der Waals surface area contributed by atoms with E-state index in [4.69, 9.17) is 0 Å². The molecule has 1 heterocycles. The summed E-state index contributed by atoms with van der Waals surface area (Å²) >= 11 is 4.90. The third-order valence-electron chi connectivity index (χ3n) is 3.49. The molecule has 1 amide bonds. The Morgan fingerprint density at radius 3 is 2.48 bits per heavy atom. The molecule has 0 radical (unpaired) electrons. The monoisotopic (exact) mass is 369 g/mol. The van der Waals surface area contributed by atoms with Gasteiger partial charge in [0, 0.05) is 6.54 Å².